The minimum absolute atomic E-state index is 0.0437. The Balaban J connectivity index is 2.20. The van der Waals surface area contributed by atoms with Gasteiger partial charge in [-0.25, -0.2) is 0 Å². The van der Waals surface area contributed by atoms with Crippen molar-refractivity contribution in [2.24, 2.45) is 5.92 Å². The summed E-state index contributed by atoms with van der Waals surface area (Å²) in [5.74, 6) is -0.926. The van der Waals surface area contributed by atoms with E-state index in [-0.39, 0.29) is 18.9 Å². The minimum atomic E-state index is -3.80. The zero-order valence-corrected chi connectivity index (χ0v) is 11.7. The second-order valence-corrected chi connectivity index (χ2v) is 7.31. The van der Waals surface area contributed by atoms with E-state index in [4.69, 9.17) is 5.11 Å². The number of aliphatic hydroxyl groups excluding tert-OH is 1. The van der Waals surface area contributed by atoms with E-state index in [1.165, 1.54) is 4.31 Å². The number of hydrogen-bond donors (Lipinski definition) is 2. The lowest BCUT2D eigenvalue weighted by atomic mass is 10.0. The summed E-state index contributed by atoms with van der Waals surface area (Å²) < 4.78 is 27.2. The van der Waals surface area contributed by atoms with Crippen LogP contribution in [-0.2, 0) is 15.0 Å². The average Bonchev–Trinajstić information content (AvgIpc) is 2.72. The van der Waals surface area contributed by atoms with Gasteiger partial charge in [0.25, 0.3) is 10.2 Å². The maximum atomic E-state index is 12.5. The van der Waals surface area contributed by atoms with Gasteiger partial charge >= 0.3 is 5.97 Å². The molecule has 0 spiro atoms. The molecule has 2 rings (SSSR count). The van der Waals surface area contributed by atoms with E-state index >= 15 is 0 Å². The highest BCUT2D eigenvalue weighted by molar-refractivity contribution is 7.86. The fraction of sp³-hybridized carbons (Fsp3) is 0.909. The van der Waals surface area contributed by atoms with Crippen LogP contribution >= 0.6 is 0 Å². The summed E-state index contributed by atoms with van der Waals surface area (Å²) in [6.07, 6.45) is 0.821. The van der Waals surface area contributed by atoms with Crippen LogP contribution in [0.5, 0.6) is 0 Å². The summed E-state index contributed by atoms with van der Waals surface area (Å²) in [5.41, 5.74) is 0. The number of rotatable bonds is 3. The molecule has 0 aliphatic carbocycles. The Labute approximate surface area is 113 Å². The molecule has 0 aromatic carbocycles. The van der Waals surface area contributed by atoms with Crippen LogP contribution < -0.4 is 0 Å². The van der Waals surface area contributed by atoms with E-state index in [2.05, 4.69) is 0 Å². The fourth-order valence-electron chi connectivity index (χ4n) is 2.77. The zero-order valence-electron chi connectivity index (χ0n) is 10.9. The Bertz CT molecular complexity index is 452. The molecule has 2 saturated heterocycles. The molecule has 2 aliphatic rings. The van der Waals surface area contributed by atoms with Gasteiger partial charge in [-0.15, -0.1) is 0 Å². The molecule has 2 N–H and O–H groups in total. The van der Waals surface area contributed by atoms with Crippen molar-refractivity contribution < 1.29 is 23.4 Å². The van der Waals surface area contributed by atoms with Crippen LogP contribution in [0.4, 0.5) is 0 Å². The fourth-order valence-corrected chi connectivity index (χ4v) is 4.73. The van der Waals surface area contributed by atoms with Gasteiger partial charge in [-0.05, 0) is 18.8 Å². The number of aliphatic hydroxyl groups is 1. The van der Waals surface area contributed by atoms with Gasteiger partial charge in [0, 0.05) is 26.1 Å². The van der Waals surface area contributed by atoms with Crippen LogP contribution in [0.2, 0.25) is 0 Å². The SMILES string of the molecule is CC1CCCN(S(=O)(=O)N2C[C@H](O)C[C@H]2C(=O)O)C1. The number of piperidine rings is 1. The molecular weight excluding hydrogens is 272 g/mol. The molecule has 0 aromatic rings. The first-order valence-electron chi connectivity index (χ1n) is 6.50. The minimum Gasteiger partial charge on any atom is -0.480 e. The van der Waals surface area contributed by atoms with Gasteiger partial charge in [0.1, 0.15) is 6.04 Å². The smallest absolute Gasteiger partial charge is 0.322 e. The maximum Gasteiger partial charge on any atom is 0.322 e. The summed E-state index contributed by atoms with van der Waals surface area (Å²) in [7, 11) is -3.80. The first-order chi connectivity index (χ1) is 8.82. The number of β-amino-alcohol motifs (C(OH)–C–C–N with tert-alkyl or cyclic N) is 1. The highest BCUT2D eigenvalue weighted by atomic mass is 32.2. The molecule has 1 unspecified atom stereocenters. The Morgan fingerprint density at radius 1 is 1.32 bits per heavy atom. The Morgan fingerprint density at radius 2 is 2.00 bits per heavy atom. The Morgan fingerprint density at radius 3 is 2.58 bits per heavy atom. The number of aliphatic carboxylic acids is 1. The largest absolute Gasteiger partial charge is 0.480 e. The third-order valence-corrected chi connectivity index (χ3v) is 5.74. The lowest BCUT2D eigenvalue weighted by molar-refractivity contribution is -0.140. The lowest BCUT2D eigenvalue weighted by Gasteiger charge is -2.34. The number of carbonyl (C=O) groups is 1. The molecule has 0 saturated carbocycles. The summed E-state index contributed by atoms with van der Waals surface area (Å²) in [6.45, 7) is 2.69. The van der Waals surface area contributed by atoms with Crippen LogP contribution in [0, 0.1) is 5.92 Å². The lowest BCUT2D eigenvalue weighted by Crippen LogP contribution is -2.51. The summed E-state index contributed by atoms with van der Waals surface area (Å²) in [4.78, 5) is 11.1. The van der Waals surface area contributed by atoms with E-state index < -0.39 is 28.3 Å². The van der Waals surface area contributed by atoms with Crippen LogP contribution in [0.25, 0.3) is 0 Å². The van der Waals surface area contributed by atoms with Gasteiger partial charge in [-0.3, -0.25) is 4.79 Å². The molecule has 8 heteroatoms. The molecule has 7 nitrogen and oxygen atoms in total. The van der Waals surface area contributed by atoms with E-state index in [1.807, 2.05) is 6.92 Å². The van der Waals surface area contributed by atoms with Crippen molar-refractivity contribution >= 4 is 16.2 Å². The molecular formula is C11H20N2O5S. The molecule has 3 atom stereocenters. The quantitative estimate of drug-likeness (QED) is 0.729. The van der Waals surface area contributed by atoms with Gasteiger partial charge in [-0.2, -0.15) is 17.0 Å². The van der Waals surface area contributed by atoms with Crippen molar-refractivity contribution in [1.29, 1.82) is 0 Å². The highest BCUT2D eigenvalue weighted by Gasteiger charge is 2.45. The Hall–Kier alpha value is -0.700. The summed E-state index contributed by atoms with van der Waals surface area (Å²) in [6, 6.07) is -1.16. The van der Waals surface area contributed by atoms with Crippen molar-refractivity contribution in [1.82, 2.24) is 8.61 Å². The van der Waals surface area contributed by atoms with Crippen molar-refractivity contribution in [3.63, 3.8) is 0 Å². The summed E-state index contributed by atoms with van der Waals surface area (Å²) >= 11 is 0. The number of hydrogen-bond acceptors (Lipinski definition) is 4. The molecule has 0 amide bonds. The first-order valence-corrected chi connectivity index (χ1v) is 7.90. The predicted octanol–water partition coefficient (Wildman–Crippen LogP) is -0.517. The molecule has 2 aliphatic heterocycles. The van der Waals surface area contributed by atoms with E-state index in [1.54, 1.807) is 0 Å². The first kappa shape index (κ1) is 14.7. The molecule has 2 fully saturated rings. The van der Waals surface area contributed by atoms with Gasteiger partial charge < -0.3 is 10.2 Å². The predicted molar refractivity (Wildman–Crippen MR) is 67.6 cm³/mol. The van der Waals surface area contributed by atoms with Crippen molar-refractivity contribution in [2.45, 2.75) is 38.3 Å². The van der Waals surface area contributed by atoms with E-state index in [0.717, 1.165) is 17.1 Å². The average molecular weight is 292 g/mol. The number of carboxylic acids is 1. The van der Waals surface area contributed by atoms with Crippen molar-refractivity contribution in [2.75, 3.05) is 19.6 Å². The molecule has 2 heterocycles. The maximum absolute atomic E-state index is 12.5. The third-order valence-electron chi connectivity index (χ3n) is 3.76. The zero-order chi connectivity index (χ0) is 14.2. The highest BCUT2D eigenvalue weighted by Crippen LogP contribution is 2.27. The molecule has 0 bridgehead atoms. The normalized spacial score (nSPS) is 34.5. The number of carboxylic acid groups (broad SMARTS) is 1. The Kier molecular flexibility index (Phi) is 4.14. The standard InChI is InChI=1S/C11H20N2O5S/c1-8-3-2-4-12(6-8)19(17,18)13-7-9(14)5-10(13)11(15)16/h8-10,14H,2-7H2,1H3,(H,15,16)/t8?,9-,10+/m1/s1. The van der Waals surface area contributed by atoms with Crippen LogP contribution in [-0.4, -0.2) is 65.0 Å². The molecule has 19 heavy (non-hydrogen) atoms. The second kappa shape index (κ2) is 5.35. The van der Waals surface area contributed by atoms with Crippen LogP contribution in [0.3, 0.4) is 0 Å². The van der Waals surface area contributed by atoms with Crippen molar-refractivity contribution in [3.05, 3.63) is 0 Å². The van der Waals surface area contributed by atoms with Crippen LogP contribution in [0.15, 0.2) is 0 Å². The van der Waals surface area contributed by atoms with Gasteiger partial charge in [0.15, 0.2) is 0 Å². The molecule has 110 valence electrons. The van der Waals surface area contributed by atoms with Gasteiger partial charge in [0.2, 0.25) is 0 Å². The van der Waals surface area contributed by atoms with E-state index in [0.29, 0.717) is 13.1 Å². The van der Waals surface area contributed by atoms with Gasteiger partial charge in [0.05, 0.1) is 6.10 Å². The third kappa shape index (κ3) is 2.91. The van der Waals surface area contributed by atoms with Crippen molar-refractivity contribution in [3.8, 4) is 0 Å². The van der Waals surface area contributed by atoms with Crippen LogP contribution in [0.1, 0.15) is 26.2 Å². The molecule has 0 aromatic heterocycles. The topological polar surface area (TPSA) is 98.2 Å². The van der Waals surface area contributed by atoms with E-state index in [9.17, 15) is 18.3 Å². The molecule has 0 radical (unpaired) electrons. The summed E-state index contributed by atoms with van der Waals surface area (Å²) in [5, 5.41) is 18.6. The monoisotopic (exact) mass is 292 g/mol. The number of nitrogens with zero attached hydrogens (tertiary/aromatic N) is 2. The van der Waals surface area contributed by atoms with Gasteiger partial charge in [-0.1, -0.05) is 6.92 Å². The second-order valence-electron chi connectivity index (χ2n) is 5.43.